The Hall–Kier alpha value is -1.53. The number of likely N-dealkylation sites (N-methyl/N-ethyl adjacent to an activating group) is 1. The van der Waals surface area contributed by atoms with Crippen molar-refractivity contribution in [3.05, 3.63) is 23.0 Å². The minimum Gasteiger partial charge on any atom is -0.391 e. The van der Waals surface area contributed by atoms with E-state index in [4.69, 9.17) is 0 Å². The Morgan fingerprint density at radius 2 is 2.19 bits per heavy atom. The van der Waals surface area contributed by atoms with Gasteiger partial charge in [-0.05, 0) is 39.9 Å². The van der Waals surface area contributed by atoms with Crippen LogP contribution in [0.25, 0.3) is 0 Å². The number of aliphatic hydroxyl groups is 1. The predicted octanol–water partition coefficient (Wildman–Crippen LogP) is 0.484. The highest BCUT2D eigenvalue weighted by Crippen LogP contribution is 2.22. The third-order valence-electron chi connectivity index (χ3n) is 3.79. The van der Waals surface area contributed by atoms with Gasteiger partial charge in [-0.15, -0.1) is 0 Å². The second kappa shape index (κ2) is 6.49. The van der Waals surface area contributed by atoms with E-state index in [0.29, 0.717) is 24.9 Å². The molecule has 6 nitrogen and oxygen atoms in total. The average molecular weight is 292 g/mol. The Kier molecular flexibility index (Phi) is 4.90. The summed E-state index contributed by atoms with van der Waals surface area (Å²) < 4.78 is 0. The third-order valence-corrected chi connectivity index (χ3v) is 3.79. The molecule has 1 amide bonds. The number of carbonyl (C=O) groups excluding carboxylic acids is 1. The lowest BCUT2D eigenvalue weighted by molar-refractivity contribution is 0.0697. The van der Waals surface area contributed by atoms with Gasteiger partial charge in [-0.2, -0.15) is 10.2 Å². The molecule has 2 heterocycles. The highest BCUT2D eigenvalue weighted by molar-refractivity contribution is 5.95. The first-order chi connectivity index (χ1) is 9.92. The van der Waals surface area contributed by atoms with E-state index in [1.165, 1.54) is 0 Å². The van der Waals surface area contributed by atoms with Crippen LogP contribution in [0.3, 0.4) is 0 Å². The summed E-state index contributed by atoms with van der Waals surface area (Å²) in [5, 5.41) is 18.1. The van der Waals surface area contributed by atoms with Gasteiger partial charge in [0.15, 0.2) is 0 Å². The maximum absolute atomic E-state index is 12.8. The molecule has 1 aliphatic rings. The van der Waals surface area contributed by atoms with E-state index in [9.17, 15) is 9.90 Å². The minimum atomic E-state index is -0.445. The largest absolute Gasteiger partial charge is 0.391 e. The van der Waals surface area contributed by atoms with Crippen molar-refractivity contribution in [1.29, 1.82) is 0 Å². The number of aromatic nitrogens is 2. The SMILES string of the molecule is CCc1nnc(C)cc1C(=O)N1CC(O)CC1CN(C)C. The van der Waals surface area contributed by atoms with Gasteiger partial charge in [-0.3, -0.25) is 4.79 Å². The fourth-order valence-corrected chi connectivity index (χ4v) is 2.85. The molecular formula is C15H24N4O2. The molecule has 1 aliphatic heterocycles. The number of carbonyl (C=O) groups is 1. The molecule has 116 valence electrons. The Morgan fingerprint density at radius 3 is 2.81 bits per heavy atom. The van der Waals surface area contributed by atoms with Crippen LogP contribution in [0.1, 0.15) is 35.1 Å². The van der Waals surface area contributed by atoms with Crippen LogP contribution in [-0.4, -0.2) is 70.3 Å². The van der Waals surface area contributed by atoms with E-state index in [0.717, 1.165) is 17.9 Å². The topological polar surface area (TPSA) is 69.6 Å². The standard InChI is InChI=1S/C15H24N4O2/c1-5-14-13(6-10(2)16-17-14)15(21)19-9-12(20)7-11(19)8-18(3)4/h6,11-12,20H,5,7-9H2,1-4H3. The highest BCUT2D eigenvalue weighted by Gasteiger charge is 2.35. The quantitative estimate of drug-likeness (QED) is 0.874. The van der Waals surface area contributed by atoms with Gasteiger partial charge in [0.25, 0.3) is 5.91 Å². The first-order valence-electron chi connectivity index (χ1n) is 7.39. The molecule has 2 unspecified atom stereocenters. The fraction of sp³-hybridized carbons (Fsp3) is 0.667. The molecule has 0 radical (unpaired) electrons. The van der Waals surface area contributed by atoms with Crippen molar-refractivity contribution < 1.29 is 9.90 Å². The monoisotopic (exact) mass is 292 g/mol. The summed E-state index contributed by atoms with van der Waals surface area (Å²) in [6.45, 7) is 4.94. The first-order valence-corrected chi connectivity index (χ1v) is 7.39. The van der Waals surface area contributed by atoms with E-state index in [2.05, 4.69) is 10.2 Å². The van der Waals surface area contributed by atoms with Crippen molar-refractivity contribution in [2.45, 2.75) is 38.8 Å². The highest BCUT2D eigenvalue weighted by atomic mass is 16.3. The zero-order valence-electron chi connectivity index (χ0n) is 13.2. The van der Waals surface area contributed by atoms with Crippen molar-refractivity contribution in [2.75, 3.05) is 27.2 Å². The summed E-state index contributed by atoms with van der Waals surface area (Å²) in [6.07, 6.45) is 0.853. The summed E-state index contributed by atoms with van der Waals surface area (Å²) in [6, 6.07) is 1.84. The zero-order chi connectivity index (χ0) is 15.6. The summed E-state index contributed by atoms with van der Waals surface area (Å²) in [7, 11) is 3.95. The van der Waals surface area contributed by atoms with Crippen molar-refractivity contribution in [2.24, 2.45) is 0 Å². The van der Waals surface area contributed by atoms with E-state index >= 15 is 0 Å². The molecule has 1 saturated heterocycles. The lowest BCUT2D eigenvalue weighted by Crippen LogP contribution is -2.41. The van der Waals surface area contributed by atoms with Crippen molar-refractivity contribution in [3.63, 3.8) is 0 Å². The first kappa shape index (κ1) is 15.9. The van der Waals surface area contributed by atoms with Gasteiger partial charge in [0.1, 0.15) is 0 Å². The number of likely N-dealkylation sites (tertiary alicyclic amines) is 1. The lowest BCUT2D eigenvalue weighted by atomic mass is 10.1. The maximum atomic E-state index is 12.8. The number of hydrogen-bond donors (Lipinski definition) is 1. The molecule has 6 heteroatoms. The van der Waals surface area contributed by atoms with Crippen LogP contribution in [-0.2, 0) is 6.42 Å². The van der Waals surface area contributed by atoms with Crippen molar-refractivity contribution in [1.82, 2.24) is 20.0 Å². The Bertz CT molecular complexity index is 518. The second-order valence-electron chi connectivity index (χ2n) is 5.96. The summed E-state index contributed by atoms with van der Waals surface area (Å²) in [5.41, 5.74) is 2.07. The molecule has 0 aliphatic carbocycles. The van der Waals surface area contributed by atoms with Crippen LogP contribution in [0.4, 0.5) is 0 Å². The van der Waals surface area contributed by atoms with Gasteiger partial charge in [0.2, 0.25) is 0 Å². The smallest absolute Gasteiger partial charge is 0.256 e. The number of aryl methyl sites for hydroxylation is 2. The minimum absolute atomic E-state index is 0.0423. The van der Waals surface area contributed by atoms with E-state index in [-0.39, 0.29) is 11.9 Å². The lowest BCUT2D eigenvalue weighted by Gasteiger charge is -2.27. The molecular weight excluding hydrogens is 268 g/mol. The molecule has 1 fully saturated rings. The summed E-state index contributed by atoms with van der Waals surface area (Å²) in [5.74, 6) is -0.0479. The zero-order valence-corrected chi connectivity index (χ0v) is 13.2. The molecule has 1 N–H and O–H groups in total. The molecule has 0 saturated carbocycles. The van der Waals surface area contributed by atoms with Gasteiger partial charge in [-0.1, -0.05) is 6.92 Å². The molecule has 1 aromatic rings. The number of amides is 1. The third kappa shape index (κ3) is 3.57. The maximum Gasteiger partial charge on any atom is 0.256 e. The fourth-order valence-electron chi connectivity index (χ4n) is 2.85. The molecule has 21 heavy (non-hydrogen) atoms. The van der Waals surface area contributed by atoms with Crippen LogP contribution in [0.2, 0.25) is 0 Å². The Balaban J connectivity index is 2.27. The van der Waals surface area contributed by atoms with Gasteiger partial charge >= 0.3 is 0 Å². The number of nitrogens with zero attached hydrogens (tertiary/aromatic N) is 4. The van der Waals surface area contributed by atoms with Crippen LogP contribution in [0.15, 0.2) is 6.07 Å². The summed E-state index contributed by atoms with van der Waals surface area (Å²) >= 11 is 0. The number of β-amino-alcohol motifs (C(OH)–C–C–N with tert-alkyl or cyclic N) is 1. The average Bonchev–Trinajstić information content (AvgIpc) is 2.77. The van der Waals surface area contributed by atoms with Crippen LogP contribution in [0, 0.1) is 6.92 Å². The van der Waals surface area contributed by atoms with Crippen LogP contribution < -0.4 is 0 Å². The second-order valence-corrected chi connectivity index (χ2v) is 5.96. The summed E-state index contributed by atoms with van der Waals surface area (Å²) in [4.78, 5) is 16.7. The van der Waals surface area contributed by atoms with Crippen molar-refractivity contribution in [3.8, 4) is 0 Å². The van der Waals surface area contributed by atoms with Gasteiger partial charge < -0.3 is 14.9 Å². The molecule has 0 bridgehead atoms. The normalized spacial score (nSPS) is 22.1. The van der Waals surface area contributed by atoms with Gasteiger partial charge in [0, 0.05) is 19.1 Å². The molecule has 2 rings (SSSR count). The Labute approximate surface area is 125 Å². The number of hydrogen-bond acceptors (Lipinski definition) is 5. The van der Waals surface area contributed by atoms with Crippen molar-refractivity contribution >= 4 is 5.91 Å². The van der Waals surface area contributed by atoms with Gasteiger partial charge in [-0.25, -0.2) is 0 Å². The molecule has 0 spiro atoms. The van der Waals surface area contributed by atoms with E-state index in [1.807, 2.05) is 32.8 Å². The van der Waals surface area contributed by atoms with E-state index < -0.39 is 6.10 Å². The molecule has 0 aromatic carbocycles. The predicted molar refractivity (Wildman–Crippen MR) is 80.1 cm³/mol. The molecule has 1 aromatic heterocycles. The van der Waals surface area contributed by atoms with Gasteiger partial charge in [0.05, 0.1) is 23.1 Å². The van der Waals surface area contributed by atoms with Crippen LogP contribution >= 0.6 is 0 Å². The van der Waals surface area contributed by atoms with Crippen LogP contribution in [0.5, 0.6) is 0 Å². The van der Waals surface area contributed by atoms with E-state index in [1.54, 1.807) is 11.0 Å². The Morgan fingerprint density at radius 1 is 1.48 bits per heavy atom. The molecule has 2 atom stereocenters. The number of rotatable bonds is 4. The number of aliphatic hydroxyl groups excluding tert-OH is 1.